The Morgan fingerprint density at radius 1 is 0.474 bits per heavy atom. The van der Waals surface area contributed by atoms with Crippen LogP contribution in [0.5, 0.6) is 0 Å². The SMILES string of the molecule is c1ccc(C2=NC(c3cccc4c3oc3cc(-n5c6ccccc6c6c(-c7ccccc7)cccc65)ccc34)=NC(n3c4ccccc4c4ccccc43)N2)cc1. The molecule has 12 rings (SSSR count). The number of fused-ring (bicyclic) bond motifs is 9. The second kappa shape index (κ2) is 12.4. The van der Waals surface area contributed by atoms with E-state index in [1.807, 2.05) is 18.2 Å². The predicted molar refractivity (Wildman–Crippen MR) is 235 cm³/mol. The largest absolute Gasteiger partial charge is 0.455 e. The molecule has 11 aromatic rings. The zero-order chi connectivity index (χ0) is 37.5. The summed E-state index contributed by atoms with van der Waals surface area (Å²) in [5, 5.41) is 10.6. The Kier molecular flexibility index (Phi) is 6.89. The van der Waals surface area contributed by atoms with Crippen LogP contribution in [0.25, 0.3) is 82.4 Å². The fraction of sp³-hybridized carbons (Fsp3) is 0.0196. The van der Waals surface area contributed by atoms with Gasteiger partial charge < -0.3 is 18.9 Å². The first-order valence-corrected chi connectivity index (χ1v) is 19.3. The fourth-order valence-electron chi connectivity index (χ4n) is 8.91. The molecule has 6 nitrogen and oxygen atoms in total. The number of aromatic nitrogens is 2. The first-order valence-electron chi connectivity index (χ1n) is 19.3. The second-order valence-electron chi connectivity index (χ2n) is 14.6. The number of para-hydroxylation sites is 4. The number of nitrogens with one attached hydrogen (secondary N) is 1. The van der Waals surface area contributed by atoms with Crippen molar-refractivity contribution in [3.63, 3.8) is 0 Å². The molecule has 4 heterocycles. The van der Waals surface area contributed by atoms with E-state index < -0.39 is 6.29 Å². The Morgan fingerprint density at radius 3 is 1.82 bits per heavy atom. The van der Waals surface area contributed by atoms with Crippen LogP contribution in [0.15, 0.2) is 202 Å². The minimum absolute atomic E-state index is 0.458. The zero-order valence-electron chi connectivity index (χ0n) is 30.7. The van der Waals surface area contributed by atoms with Gasteiger partial charge in [-0.3, -0.25) is 0 Å². The maximum Gasteiger partial charge on any atom is 0.204 e. The molecule has 1 aliphatic heterocycles. The van der Waals surface area contributed by atoms with Crippen molar-refractivity contribution in [3.05, 3.63) is 199 Å². The summed E-state index contributed by atoms with van der Waals surface area (Å²) in [5.41, 5.74) is 11.3. The van der Waals surface area contributed by atoms with Gasteiger partial charge in [-0.25, -0.2) is 9.98 Å². The minimum atomic E-state index is -0.458. The molecule has 0 fully saturated rings. The summed E-state index contributed by atoms with van der Waals surface area (Å²) in [6.45, 7) is 0. The summed E-state index contributed by atoms with van der Waals surface area (Å²) >= 11 is 0. The molecule has 1 aliphatic rings. The highest BCUT2D eigenvalue weighted by atomic mass is 16.3. The van der Waals surface area contributed by atoms with Crippen molar-refractivity contribution in [1.82, 2.24) is 14.5 Å². The summed E-state index contributed by atoms with van der Waals surface area (Å²) in [6, 6.07) is 66.1. The summed E-state index contributed by atoms with van der Waals surface area (Å²) in [7, 11) is 0. The first kappa shape index (κ1) is 31.6. The van der Waals surface area contributed by atoms with Crippen molar-refractivity contribution in [1.29, 1.82) is 0 Å². The number of amidine groups is 2. The Bertz CT molecular complexity index is 3390. The zero-order valence-corrected chi connectivity index (χ0v) is 30.7. The van der Waals surface area contributed by atoms with Crippen molar-refractivity contribution in [2.24, 2.45) is 9.98 Å². The maximum absolute atomic E-state index is 6.91. The van der Waals surface area contributed by atoms with Gasteiger partial charge in [0, 0.05) is 49.6 Å². The third-order valence-corrected chi connectivity index (χ3v) is 11.4. The Morgan fingerprint density at radius 2 is 1.07 bits per heavy atom. The van der Waals surface area contributed by atoms with Gasteiger partial charge in [0.2, 0.25) is 6.29 Å². The fourth-order valence-corrected chi connectivity index (χ4v) is 8.91. The van der Waals surface area contributed by atoms with Gasteiger partial charge in [-0.1, -0.05) is 140 Å². The quantitative estimate of drug-likeness (QED) is 0.192. The second-order valence-corrected chi connectivity index (χ2v) is 14.6. The van der Waals surface area contributed by atoms with Crippen LogP contribution < -0.4 is 5.32 Å². The molecule has 1 atom stereocenters. The predicted octanol–water partition coefficient (Wildman–Crippen LogP) is 12.4. The summed E-state index contributed by atoms with van der Waals surface area (Å²) in [4.78, 5) is 10.6. The maximum atomic E-state index is 6.91. The number of benzene rings is 8. The van der Waals surface area contributed by atoms with Gasteiger partial charge in [-0.15, -0.1) is 0 Å². The minimum Gasteiger partial charge on any atom is -0.455 e. The van der Waals surface area contributed by atoms with E-state index in [9.17, 15) is 0 Å². The molecular weight excluding hydrogens is 699 g/mol. The average Bonchev–Trinajstić information content (AvgIpc) is 3.94. The van der Waals surface area contributed by atoms with Gasteiger partial charge in [0.05, 0.1) is 27.6 Å². The highest BCUT2D eigenvalue weighted by Gasteiger charge is 2.26. The lowest BCUT2D eigenvalue weighted by Gasteiger charge is -2.25. The molecule has 0 amide bonds. The van der Waals surface area contributed by atoms with Crippen LogP contribution in [-0.2, 0) is 0 Å². The number of hydrogen-bond acceptors (Lipinski definition) is 4. The van der Waals surface area contributed by atoms with Crippen LogP contribution in [0.1, 0.15) is 17.4 Å². The molecule has 8 aromatic carbocycles. The molecule has 1 unspecified atom stereocenters. The van der Waals surface area contributed by atoms with E-state index in [1.165, 1.54) is 32.7 Å². The van der Waals surface area contributed by atoms with Gasteiger partial charge in [0.15, 0.2) is 5.84 Å². The van der Waals surface area contributed by atoms with E-state index in [0.29, 0.717) is 5.84 Å². The van der Waals surface area contributed by atoms with Crippen molar-refractivity contribution in [3.8, 4) is 16.8 Å². The van der Waals surface area contributed by atoms with E-state index in [-0.39, 0.29) is 0 Å². The third-order valence-electron chi connectivity index (χ3n) is 11.4. The smallest absolute Gasteiger partial charge is 0.204 e. The Balaban J connectivity index is 1.05. The lowest BCUT2D eigenvalue weighted by Crippen LogP contribution is -2.36. The van der Waals surface area contributed by atoms with Gasteiger partial charge in [0.1, 0.15) is 17.0 Å². The number of hydrogen-bond donors (Lipinski definition) is 1. The topological polar surface area (TPSA) is 59.8 Å². The van der Waals surface area contributed by atoms with E-state index in [1.54, 1.807) is 0 Å². The van der Waals surface area contributed by atoms with E-state index in [4.69, 9.17) is 14.4 Å². The van der Waals surface area contributed by atoms with Crippen molar-refractivity contribution >= 4 is 77.2 Å². The van der Waals surface area contributed by atoms with Crippen LogP contribution in [0.4, 0.5) is 0 Å². The van der Waals surface area contributed by atoms with Crippen LogP contribution in [0, 0.1) is 0 Å². The van der Waals surface area contributed by atoms with E-state index in [0.717, 1.165) is 66.7 Å². The van der Waals surface area contributed by atoms with Crippen LogP contribution >= 0.6 is 0 Å². The summed E-state index contributed by atoms with van der Waals surface area (Å²) in [6.07, 6.45) is -0.458. The van der Waals surface area contributed by atoms with E-state index in [2.05, 4.69) is 184 Å². The van der Waals surface area contributed by atoms with Crippen LogP contribution in [0.2, 0.25) is 0 Å². The number of nitrogens with zero attached hydrogens (tertiary/aromatic N) is 4. The Labute approximate surface area is 327 Å². The molecule has 268 valence electrons. The average molecular weight is 732 g/mol. The van der Waals surface area contributed by atoms with Gasteiger partial charge in [0.25, 0.3) is 0 Å². The molecule has 0 radical (unpaired) electrons. The number of furan rings is 1. The third kappa shape index (κ3) is 4.84. The molecule has 1 N–H and O–H groups in total. The highest BCUT2D eigenvalue weighted by molar-refractivity contribution is 6.20. The number of rotatable bonds is 5. The molecule has 0 saturated heterocycles. The van der Waals surface area contributed by atoms with Crippen molar-refractivity contribution in [2.45, 2.75) is 6.29 Å². The molecular formula is C51H33N5O. The lowest BCUT2D eigenvalue weighted by molar-refractivity contribution is 0.515. The molecule has 6 heteroatoms. The summed E-state index contributed by atoms with van der Waals surface area (Å²) < 4.78 is 11.5. The summed E-state index contributed by atoms with van der Waals surface area (Å²) in [5.74, 6) is 1.37. The molecule has 3 aromatic heterocycles. The molecule has 57 heavy (non-hydrogen) atoms. The number of aliphatic imine (C=N–C) groups is 2. The van der Waals surface area contributed by atoms with Gasteiger partial charge >= 0.3 is 0 Å². The van der Waals surface area contributed by atoms with Crippen LogP contribution in [-0.4, -0.2) is 20.8 Å². The highest BCUT2D eigenvalue weighted by Crippen LogP contribution is 2.40. The van der Waals surface area contributed by atoms with Crippen LogP contribution in [0.3, 0.4) is 0 Å². The van der Waals surface area contributed by atoms with E-state index >= 15 is 0 Å². The van der Waals surface area contributed by atoms with Gasteiger partial charge in [-0.2, -0.15) is 0 Å². The van der Waals surface area contributed by atoms with Crippen molar-refractivity contribution in [2.75, 3.05) is 0 Å². The monoisotopic (exact) mass is 731 g/mol. The van der Waals surface area contributed by atoms with Gasteiger partial charge in [-0.05, 0) is 53.6 Å². The van der Waals surface area contributed by atoms with Crippen molar-refractivity contribution < 1.29 is 4.42 Å². The normalized spacial score (nSPS) is 14.5. The first-order chi connectivity index (χ1) is 28.3. The molecule has 0 bridgehead atoms. The Hall–Kier alpha value is -7.70. The standard InChI is InChI=1S/C51H33N5O/c1-3-15-32(16-4-1)35-22-14-28-45-47(35)40-21-9-12-27-44(40)55(45)34-29-30-38-39-23-13-24-41(48(39)57-46(38)31-34)50-52-49(33-17-5-2-6-18-33)53-51(54-50)56-42-25-10-7-19-36(42)37-20-8-11-26-43(37)56/h1-31,51H,(H,52,53,54). The molecule has 0 saturated carbocycles. The molecule has 0 aliphatic carbocycles. The lowest BCUT2D eigenvalue weighted by atomic mass is 9.99. The molecule has 0 spiro atoms.